The normalized spacial score (nSPS) is 25.5. The Morgan fingerprint density at radius 1 is 1.12 bits per heavy atom. The van der Waals surface area contributed by atoms with Crippen molar-refractivity contribution in [2.24, 2.45) is 11.8 Å². The number of aliphatic hydroxyl groups is 1. The van der Waals surface area contributed by atoms with Crippen LogP contribution in [0.4, 0.5) is 17.1 Å². The van der Waals surface area contributed by atoms with E-state index in [1.165, 1.54) is 0 Å². The van der Waals surface area contributed by atoms with Gasteiger partial charge in [0.1, 0.15) is 0 Å². The highest BCUT2D eigenvalue weighted by atomic mass is 28.4. The van der Waals surface area contributed by atoms with Gasteiger partial charge >= 0.3 is 0 Å². The van der Waals surface area contributed by atoms with Crippen LogP contribution in [0.15, 0.2) is 85.1 Å². The van der Waals surface area contributed by atoms with Gasteiger partial charge in [-0.3, -0.25) is 19.2 Å². The maximum absolute atomic E-state index is 14.9. The Morgan fingerprint density at radius 3 is 2.54 bits per heavy atom. The lowest BCUT2D eigenvalue weighted by atomic mass is 9.82. The molecule has 11 nitrogen and oxygen atoms in total. The molecule has 3 aliphatic heterocycles. The fourth-order valence-corrected chi connectivity index (χ4v) is 11.0. The van der Waals surface area contributed by atoms with E-state index >= 15 is 0 Å². The second kappa shape index (κ2) is 13.8. The van der Waals surface area contributed by atoms with Crippen LogP contribution < -0.4 is 15.5 Å². The van der Waals surface area contributed by atoms with Crippen molar-refractivity contribution in [3.05, 3.63) is 102 Å². The number of fused-ring (bicyclic) bond motifs is 2. The van der Waals surface area contributed by atoms with Crippen LogP contribution in [0.5, 0.6) is 0 Å². The molecule has 1 spiro atoms. The number of aryl methyl sites for hydroxylation is 1. The number of para-hydroxylation sites is 1. The number of rotatable bonds is 10. The first-order chi connectivity index (χ1) is 24.1. The molecule has 2 unspecified atom stereocenters. The number of anilines is 3. The molecule has 3 aliphatic rings. The van der Waals surface area contributed by atoms with Crippen molar-refractivity contribution in [1.82, 2.24) is 20.3 Å². The number of carbonyl (C=O) groups is 2. The highest BCUT2D eigenvalue weighted by Gasteiger charge is 2.66. The number of aliphatic hydroxyl groups excluding tert-OH is 1. The Kier molecular flexibility index (Phi) is 9.48. The van der Waals surface area contributed by atoms with Crippen LogP contribution in [0.1, 0.15) is 48.9 Å². The average Bonchev–Trinajstić information content (AvgIpc) is 3.78. The molecule has 2 amide bonds. The highest BCUT2D eigenvalue weighted by Crippen LogP contribution is 2.61. The van der Waals surface area contributed by atoms with E-state index in [1.54, 1.807) is 9.58 Å². The number of hydrogen-bond donors (Lipinski definition) is 4. The summed E-state index contributed by atoms with van der Waals surface area (Å²) in [6.45, 7) is 7.74. The maximum Gasteiger partial charge on any atom is 0.268 e. The Labute approximate surface area is 293 Å². The number of piperidine rings is 1. The number of amides is 2. The van der Waals surface area contributed by atoms with Crippen LogP contribution in [0, 0.1) is 11.8 Å². The molecular weight excluding hydrogens is 649 g/mol. The second-order valence-corrected chi connectivity index (χ2v) is 18.4. The third kappa shape index (κ3) is 6.19. The van der Waals surface area contributed by atoms with Gasteiger partial charge in [0.05, 0.1) is 35.9 Å². The number of hydrogen-bond acceptors (Lipinski definition) is 8. The quantitative estimate of drug-likeness (QED) is 0.172. The summed E-state index contributed by atoms with van der Waals surface area (Å²) < 4.78 is 8.80. The molecule has 2 saturated heterocycles. The van der Waals surface area contributed by atoms with Crippen LogP contribution >= 0.6 is 0 Å². The summed E-state index contributed by atoms with van der Waals surface area (Å²) in [6, 6.07) is 24.9. The van der Waals surface area contributed by atoms with E-state index in [0.29, 0.717) is 42.1 Å². The first-order valence-electron chi connectivity index (χ1n) is 17.6. The van der Waals surface area contributed by atoms with Gasteiger partial charge < -0.3 is 25.3 Å². The third-order valence-corrected chi connectivity index (χ3v) is 13.3. The molecule has 0 radical (unpaired) electrons. The lowest BCUT2D eigenvalue weighted by Gasteiger charge is -2.32. The van der Waals surface area contributed by atoms with Gasteiger partial charge in [0.25, 0.3) is 5.91 Å². The molecule has 2 fully saturated rings. The van der Waals surface area contributed by atoms with Gasteiger partial charge in [-0.2, -0.15) is 0 Å². The number of ether oxygens (including phenoxy) is 1. The van der Waals surface area contributed by atoms with Crippen LogP contribution in [-0.2, 0) is 26.5 Å². The van der Waals surface area contributed by atoms with Crippen molar-refractivity contribution in [2.75, 3.05) is 29.9 Å². The molecule has 262 valence electrons. The minimum absolute atomic E-state index is 0.0432. The van der Waals surface area contributed by atoms with E-state index in [2.05, 4.69) is 20.9 Å². The van der Waals surface area contributed by atoms with Gasteiger partial charge in [-0.15, -0.1) is 5.10 Å². The van der Waals surface area contributed by atoms with Crippen molar-refractivity contribution in [3.63, 3.8) is 0 Å². The van der Waals surface area contributed by atoms with Gasteiger partial charge in [-0.1, -0.05) is 60.7 Å². The third-order valence-electron chi connectivity index (χ3n) is 10.8. The predicted molar refractivity (Wildman–Crippen MR) is 193 cm³/mol. The first-order valence-corrected chi connectivity index (χ1v) is 20.7. The predicted octanol–water partition coefficient (Wildman–Crippen LogP) is 4.91. The molecule has 0 aliphatic carbocycles. The van der Waals surface area contributed by atoms with E-state index in [9.17, 15) is 19.5 Å². The van der Waals surface area contributed by atoms with Crippen LogP contribution in [0.25, 0.3) is 0 Å². The summed E-state index contributed by atoms with van der Waals surface area (Å²) in [7, 11) is -2.91. The fourth-order valence-electron chi connectivity index (χ4n) is 8.40. The Hall–Kier alpha value is -4.20. The molecular formula is C38H46N6O5Si. The summed E-state index contributed by atoms with van der Waals surface area (Å²) in [4.78, 5) is 41.7. The molecule has 12 heteroatoms. The molecule has 3 aromatic carbocycles. The molecule has 1 aromatic heterocycles. The summed E-state index contributed by atoms with van der Waals surface area (Å²) >= 11 is 0. The first kappa shape index (κ1) is 34.3. The zero-order valence-electron chi connectivity index (χ0n) is 28.8. The Morgan fingerprint density at radius 2 is 1.86 bits per heavy atom. The summed E-state index contributed by atoms with van der Waals surface area (Å²) in [5.74, 6) is -1.03. The fraction of sp³-hybridized carbons (Fsp3) is 0.421. The lowest BCUT2D eigenvalue weighted by Crippen LogP contribution is -2.45. The van der Waals surface area contributed by atoms with Gasteiger partial charge in [0, 0.05) is 47.7 Å². The molecule has 0 bridgehead atoms. The van der Waals surface area contributed by atoms with E-state index in [-0.39, 0.29) is 41.7 Å². The minimum atomic E-state index is -2.91. The largest absolute Gasteiger partial charge is 0.432 e. The molecule has 6 atom stereocenters. The van der Waals surface area contributed by atoms with E-state index in [1.807, 2.05) is 105 Å². The lowest BCUT2D eigenvalue weighted by molar-refractivity contribution is -0.145. The Balaban J connectivity index is 1.21. The number of benzene rings is 3. The molecule has 50 heavy (non-hydrogen) atoms. The van der Waals surface area contributed by atoms with Crippen LogP contribution in [-0.4, -0.2) is 70.8 Å². The SMILES string of the molecule is C[C@@H]1[C@@H]([Si](C)(C)O)[C@H](CCn2cc(C(CO)c3ccccc3)nn2)O[C@@]12C(=O)N(c1ccccc1)c1ccc(NC(=O)C3CCCNC3)cc12. The molecule has 7 rings (SSSR count). The smallest absolute Gasteiger partial charge is 0.268 e. The highest BCUT2D eigenvalue weighted by molar-refractivity contribution is 6.71. The van der Waals surface area contributed by atoms with Crippen molar-refractivity contribution in [2.45, 2.75) is 69.0 Å². The zero-order valence-corrected chi connectivity index (χ0v) is 29.8. The summed E-state index contributed by atoms with van der Waals surface area (Å²) in [6.07, 6.45) is 3.67. The van der Waals surface area contributed by atoms with Gasteiger partial charge in [-0.05, 0) is 74.8 Å². The van der Waals surface area contributed by atoms with Gasteiger partial charge in [0.2, 0.25) is 5.91 Å². The Bertz CT molecular complexity index is 1830. The standard InChI is InChI=1S/C38H46N6O5Si/c1-25-35(50(2,3)48)34(18-20-43-23-32(41-42-43)30(24-45)26-11-6-4-7-12-26)49-38(25)31-21-28(40-36(46)27-13-10-19-39-22-27)16-17-33(31)44(37(38)47)29-14-8-5-9-15-29/h4-9,11-12,14-17,21,23,25,27,30,34-35,39,45,48H,10,13,18-20,22,24H2,1-3H3,(H,40,46)/t25-,27?,30?,34+,35-,38+/m1/s1. The zero-order chi connectivity index (χ0) is 35.0. The van der Waals surface area contributed by atoms with E-state index < -0.39 is 20.0 Å². The molecule has 4 N–H and O–H groups in total. The second-order valence-electron chi connectivity index (χ2n) is 14.4. The summed E-state index contributed by atoms with van der Waals surface area (Å²) in [5, 5.41) is 25.4. The van der Waals surface area contributed by atoms with Crippen molar-refractivity contribution in [3.8, 4) is 0 Å². The number of nitrogens with one attached hydrogen (secondary N) is 2. The molecule has 0 saturated carbocycles. The number of nitrogens with zero attached hydrogens (tertiary/aromatic N) is 4. The minimum Gasteiger partial charge on any atom is -0.432 e. The van der Waals surface area contributed by atoms with E-state index in [0.717, 1.165) is 30.6 Å². The van der Waals surface area contributed by atoms with Gasteiger partial charge in [-0.25, -0.2) is 0 Å². The number of carbonyl (C=O) groups excluding carboxylic acids is 2. The monoisotopic (exact) mass is 694 g/mol. The number of aromatic nitrogens is 3. The maximum atomic E-state index is 14.9. The van der Waals surface area contributed by atoms with Crippen LogP contribution in [0.2, 0.25) is 18.6 Å². The topological polar surface area (TPSA) is 142 Å². The summed E-state index contributed by atoms with van der Waals surface area (Å²) in [5.41, 5.74) is 2.72. The average molecular weight is 695 g/mol. The molecule has 4 aromatic rings. The van der Waals surface area contributed by atoms with E-state index in [4.69, 9.17) is 4.74 Å². The molecule has 4 heterocycles. The van der Waals surface area contributed by atoms with Gasteiger partial charge in [0.15, 0.2) is 13.9 Å². The van der Waals surface area contributed by atoms with Crippen molar-refractivity contribution in [1.29, 1.82) is 0 Å². The van der Waals surface area contributed by atoms with Crippen molar-refractivity contribution < 1.29 is 24.2 Å². The van der Waals surface area contributed by atoms with Crippen LogP contribution in [0.3, 0.4) is 0 Å². The van der Waals surface area contributed by atoms with Crippen molar-refractivity contribution >= 4 is 37.2 Å².